The van der Waals surface area contributed by atoms with Crippen LogP contribution in [0.3, 0.4) is 0 Å². The van der Waals surface area contributed by atoms with Crippen LogP contribution in [0.2, 0.25) is 0 Å². The number of rotatable bonds is 3. The molecule has 1 atom stereocenters. The minimum absolute atomic E-state index is 0.229. The number of carbonyl (C=O) groups excluding carboxylic acids is 1. The van der Waals surface area contributed by atoms with Gasteiger partial charge in [0.2, 0.25) is 5.91 Å². The fourth-order valence-electron chi connectivity index (χ4n) is 2.52. The first-order valence-corrected chi connectivity index (χ1v) is 6.59. The number of nitrogens with zero attached hydrogens (tertiary/aromatic N) is 2. The van der Waals surface area contributed by atoms with Gasteiger partial charge in [0.05, 0.1) is 6.54 Å². The number of carbonyl (C=O) groups is 1. The molecule has 0 aromatic rings. The van der Waals surface area contributed by atoms with Crippen molar-refractivity contribution < 1.29 is 4.79 Å². The summed E-state index contributed by atoms with van der Waals surface area (Å²) in [6, 6.07) is 0.457. The van der Waals surface area contributed by atoms with Gasteiger partial charge >= 0.3 is 0 Å². The molecule has 17 heavy (non-hydrogen) atoms. The number of likely N-dealkylation sites (N-methyl/N-ethyl adjacent to an activating group) is 1. The van der Waals surface area contributed by atoms with Crippen LogP contribution in [0, 0.1) is 0 Å². The summed E-state index contributed by atoms with van der Waals surface area (Å²) in [5.74, 6) is 0.229. The molecule has 1 aliphatic heterocycles. The van der Waals surface area contributed by atoms with Gasteiger partial charge in [0, 0.05) is 38.4 Å². The topological polar surface area (TPSA) is 35.6 Å². The molecule has 1 heterocycles. The third-order valence-electron chi connectivity index (χ3n) is 3.80. The monoisotopic (exact) mass is 237 g/mol. The summed E-state index contributed by atoms with van der Waals surface area (Å²) in [4.78, 5) is 16.3. The van der Waals surface area contributed by atoms with Crippen LogP contribution in [0.1, 0.15) is 26.2 Å². The van der Waals surface area contributed by atoms with Crippen molar-refractivity contribution in [2.45, 2.75) is 32.2 Å². The standard InChI is InChI=1S/C13H23N3O/c1-11-9-14-7-8-16(11)10-13(17)15(2)12-5-3-4-6-12/h5,11,14H,3-4,6-10H2,1-2H3/t11-/m0/s1. The molecule has 2 aliphatic rings. The van der Waals surface area contributed by atoms with Crippen LogP contribution in [0.15, 0.2) is 11.8 Å². The number of amides is 1. The summed E-state index contributed by atoms with van der Waals surface area (Å²) in [5.41, 5.74) is 1.21. The summed E-state index contributed by atoms with van der Waals surface area (Å²) in [7, 11) is 1.91. The molecule has 1 saturated heterocycles. The first-order chi connectivity index (χ1) is 8.18. The molecule has 4 heteroatoms. The van der Waals surface area contributed by atoms with E-state index in [-0.39, 0.29) is 5.91 Å². The second-order valence-electron chi connectivity index (χ2n) is 5.06. The zero-order valence-electron chi connectivity index (χ0n) is 10.9. The predicted molar refractivity (Wildman–Crippen MR) is 68.6 cm³/mol. The van der Waals surface area contributed by atoms with Gasteiger partial charge in [-0.05, 0) is 26.2 Å². The average Bonchev–Trinajstić information content (AvgIpc) is 2.84. The minimum atomic E-state index is 0.229. The van der Waals surface area contributed by atoms with Gasteiger partial charge in [-0.1, -0.05) is 6.08 Å². The Morgan fingerprint density at radius 3 is 3.12 bits per heavy atom. The van der Waals surface area contributed by atoms with Gasteiger partial charge in [0.1, 0.15) is 0 Å². The molecule has 4 nitrogen and oxygen atoms in total. The Morgan fingerprint density at radius 2 is 2.47 bits per heavy atom. The number of hydrogen-bond acceptors (Lipinski definition) is 3. The Kier molecular flexibility index (Phi) is 4.18. The van der Waals surface area contributed by atoms with E-state index in [1.54, 1.807) is 0 Å². The van der Waals surface area contributed by atoms with Crippen molar-refractivity contribution >= 4 is 5.91 Å². The first kappa shape index (κ1) is 12.6. The van der Waals surface area contributed by atoms with Gasteiger partial charge < -0.3 is 10.2 Å². The van der Waals surface area contributed by atoms with Crippen LogP contribution in [0.4, 0.5) is 0 Å². The quantitative estimate of drug-likeness (QED) is 0.789. The average molecular weight is 237 g/mol. The lowest BCUT2D eigenvalue weighted by Crippen LogP contribution is -2.52. The van der Waals surface area contributed by atoms with Crippen molar-refractivity contribution in [3.05, 3.63) is 11.8 Å². The smallest absolute Gasteiger partial charge is 0.240 e. The van der Waals surface area contributed by atoms with Crippen molar-refractivity contribution in [3.63, 3.8) is 0 Å². The van der Waals surface area contributed by atoms with Crippen molar-refractivity contribution in [1.29, 1.82) is 0 Å². The van der Waals surface area contributed by atoms with Gasteiger partial charge in [-0.25, -0.2) is 0 Å². The van der Waals surface area contributed by atoms with E-state index in [0.717, 1.165) is 32.5 Å². The zero-order chi connectivity index (χ0) is 12.3. The van der Waals surface area contributed by atoms with Crippen molar-refractivity contribution in [3.8, 4) is 0 Å². The highest BCUT2D eigenvalue weighted by molar-refractivity contribution is 5.79. The lowest BCUT2D eigenvalue weighted by molar-refractivity contribution is -0.130. The molecule has 0 aromatic heterocycles. The van der Waals surface area contributed by atoms with E-state index < -0.39 is 0 Å². The molecule has 1 aliphatic carbocycles. The number of hydrogen-bond donors (Lipinski definition) is 1. The van der Waals surface area contributed by atoms with Crippen molar-refractivity contribution in [2.75, 3.05) is 33.2 Å². The molecular formula is C13H23N3O. The predicted octanol–water partition coefficient (Wildman–Crippen LogP) is 0.806. The molecule has 0 radical (unpaired) electrons. The molecule has 0 bridgehead atoms. The summed E-state index contributed by atoms with van der Waals surface area (Å²) in [6.07, 6.45) is 5.56. The van der Waals surface area contributed by atoms with Crippen LogP contribution in [0.5, 0.6) is 0 Å². The largest absolute Gasteiger partial charge is 0.318 e. The number of allylic oxidation sites excluding steroid dienone is 2. The molecule has 1 amide bonds. The Morgan fingerprint density at radius 1 is 1.65 bits per heavy atom. The third kappa shape index (κ3) is 3.07. The van der Waals surface area contributed by atoms with E-state index in [0.29, 0.717) is 12.6 Å². The fraction of sp³-hybridized carbons (Fsp3) is 0.769. The Labute approximate surface area is 104 Å². The Bertz CT molecular complexity index is 314. The Hall–Kier alpha value is -0.870. The summed E-state index contributed by atoms with van der Waals surface area (Å²) < 4.78 is 0. The lowest BCUT2D eigenvalue weighted by Gasteiger charge is -2.34. The van der Waals surface area contributed by atoms with E-state index in [1.807, 2.05) is 11.9 Å². The van der Waals surface area contributed by atoms with Gasteiger partial charge in [-0.3, -0.25) is 9.69 Å². The minimum Gasteiger partial charge on any atom is -0.318 e. The highest BCUT2D eigenvalue weighted by Crippen LogP contribution is 2.20. The molecule has 1 N–H and O–H groups in total. The summed E-state index contributed by atoms with van der Waals surface area (Å²) >= 11 is 0. The summed E-state index contributed by atoms with van der Waals surface area (Å²) in [5, 5.41) is 3.34. The van der Waals surface area contributed by atoms with E-state index in [1.165, 1.54) is 12.1 Å². The highest BCUT2D eigenvalue weighted by Gasteiger charge is 2.23. The SMILES string of the molecule is C[C@H]1CNCCN1CC(=O)N(C)C1=CCCC1. The molecule has 96 valence electrons. The maximum atomic E-state index is 12.2. The third-order valence-corrected chi connectivity index (χ3v) is 3.80. The molecular weight excluding hydrogens is 214 g/mol. The second-order valence-corrected chi connectivity index (χ2v) is 5.06. The van der Waals surface area contributed by atoms with E-state index in [2.05, 4.69) is 23.2 Å². The summed E-state index contributed by atoms with van der Waals surface area (Å²) in [6.45, 7) is 5.68. The van der Waals surface area contributed by atoms with E-state index in [9.17, 15) is 4.79 Å². The molecule has 0 unspecified atom stereocenters. The maximum Gasteiger partial charge on any atom is 0.240 e. The molecule has 0 aromatic carbocycles. The molecule has 0 spiro atoms. The molecule has 2 rings (SSSR count). The maximum absolute atomic E-state index is 12.2. The molecule has 0 saturated carbocycles. The van der Waals surface area contributed by atoms with Crippen LogP contribution in [0.25, 0.3) is 0 Å². The van der Waals surface area contributed by atoms with Gasteiger partial charge in [0.15, 0.2) is 0 Å². The van der Waals surface area contributed by atoms with E-state index in [4.69, 9.17) is 0 Å². The van der Waals surface area contributed by atoms with Gasteiger partial charge in [-0.2, -0.15) is 0 Å². The second kappa shape index (κ2) is 5.65. The normalized spacial score (nSPS) is 25.8. The zero-order valence-corrected chi connectivity index (χ0v) is 10.9. The van der Waals surface area contributed by atoms with Crippen LogP contribution in [-0.2, 0) is 4.79 Å². The van der Waals surface area contributed by atoms with Crippen LogP contribution >= 0.6 is 0 Å². The number of nitrogens with one attached hydrogen (secondary N) is 1. The van der Waals surface area contributed by atoms with Crippen LogP contribution in [-0.4, -0.2) is 55.0 Å². The Balaban J connectivity index is 1.87. The van der Waals surface area contributed by atoms with E-state index >= 15 is 0 Å². The first-order valence-electron chi connectivity index (χ1n) is 6.59. The van der Waals surface area contributed by atoms with Gasteiger partial charge in [-0.15, -0.1) is 0 Å². The van der Waals surface area contributed by atoms with Crippen LogP contribution < -0.4 is 5.32 Å². The fourth-order valence-corrected chi connectivity index (χ4v) is 2.52. The highest BCUT2D eigenvalue weighted by atomic mass is 16.2. The lowest BCUT2D eigenvalue weighted by atomic mass is 10.2. The van der Waals surface area contributed by atoms with Crippen molar-refractivity contribution in [2.24, 2.45) is 0 Å². The van der Waals surface area contributed by atoms with Gasteiger partial charge in [0.25, 0.3) is 0 Å². The number of piperazine rings is 1. The van der Waals surface area contributed by atoms with Crippen molar-refractivity contribution in [1.82, 2.24) is 15.1 Å². The molecule has 1 fully saturated rings.